The normalized spacial score (nSPS) is 23.6. The lowest BCUT2D eigenvalue weighted by Gasteiger charge is -2.54. The Hall–Kier alpha value is -1.39. The first kappa shape index (κ1) is 36.9. The number of carbonyl (C=O) groups is 1. The molecule has 5 atom stereocenters. The summed E-state index contributed by atoms with van der Waals surface area (Å²) < 4.78 is 28.9. The van der Waals surface area contributed by atoms with Crippen molar-refractivity contribution in [3.05, 3.63) is 58.1 Å². The van der Waals surface area contributed by atoms with E-state index in [1.807, 2.05) is 39.2 Å². The number of aryl methyl sites for hydroxylation is 1. The van der Waals surface area contributed by atoms with Gasteiger partial charge in [-0.2, -0.15) is 0 Å². The Labute approximate surface area is 298 Å². The molecule has 3 aliphatic rings. The van der Waals surface area contributed by atoms with Crippen molar-refractivity contribution >= 4 is 57.7 Å². The Bertz CT molecular complexity index is 1390. The van der Waals surface area contributed by atoms with E-state index in [0.717, 1.165) is 61.7 Å². The standard InChI is InChI=1S/C37H53ClN2O4S3/c1-6-8-17-37(43-5,36-45-18-9-19-46-36)32-15-11-28(32)22-40-23-29(31-14-13-30(38)20-26(31)10-7-2)24-44-34-16-12-27(21-33(34)40)35(41)39-47(42)25(3)4/h12-14,16,20-21,25,28-29,32,36H,6-11,15,17-19,22-24H2,1-5H3,(H,39,41). The van der Waals surface area contributed by atoms with E-state index in [4.69, 9.17) is 21.1 Å². The number of thioether (sulfide) groups is 2. The van der Waals surface area contributed by atoms with Crippen LogP contribution in [0.1, 0.15) is 100 Å². The van der Waals surface area contributed by atoms with Crippen molar-refractivity contribution in [1.29, 1.82) is 0 Å². The zero-order chi connectivity index (χ0) is 33.6. The first-order valence-electron chi connectivity index (χ1n) is 17.5. The quantitative estimate of drug-likeness (QED) is 0.209. The summed E-state index contributed by atoms with van der Waals surface area (Å²) in [6.45, 7) is 10.4. The van der Waals surface area contributed by atoms with Crippen LogP contribution in [0, 0.1) is 11.8 Å². The molecule has 1 saturated heterocycles. The molecule has 2 fully saturated rings. The van der Waals surface area contributed by atoms with E-state index in [2.05, 4.69) is 59.1 Å². The number of unbranched alkanes of at least 4 members (excludes halogenated alkanes) is 1. The van der Waals surface area contributed by atoms with Gasteiger partial charge in [-0.3, -0.25) is 9.52 Å². The minimum atomic E-state index is -1.45. The molecular weight excluding hydrogens is 668 g/mol. The Kier molecular flexibility index (Phi) is 13.4. The highest BCUT2D eigenvalue weighted by Crippen LogP contribution is 2.54. The number of nitrogens with one attached hydrogen (secondary N) is 1. The third-order valence-corrected chi connectivity index (χ3v) is 14.9. The maximum Gasteiger partial charge on any atom is 0.263 e. The van der Waals surface area contributed by atoms with Crippen LogP contribution in [0.25, 0.3) is 0 Å². The second-order valence-electron chi connectivity index (χ2n) is 13.6. The monoisotopic (exact) mass is 720 g/mol. The summed E-state index contributed by atoms with van der Waals surface area (Å²) in [6, 6.07) is 11.9. The van der Waals surface area contributed by atoms with Gasteiger partial charge in [-0.1, -0.05) is 50.8 Å². The zero-order valence-corrected chi connectivity index (χ0v) is 31.9. The maximum absolute atomic E-state index is 13.3. The minimum absolute atomic E-state index is 0.141. The molecule has 1 N–H and O–H groups in total. The van der Waals surface area contributed by atoms with Gasteiger partial charge >= 0.3 is 0 Å². The lowest BCUT2D eigenvalue weighted by Crippen LogP contribution is -2.57. The maximum atomic E-state index is 13.3. The van der Waals surface area contributed by atoms with Crippen LogP contribution in [0.5, 0.6) is 5.75 Å². The summed E-state index contributed by atoms with van der Waals surface area (Å²) >= 11 is 10.7. The lowest BCUT2D eigenvalue weighted by atomic mass is 9.63. The number of benzene rings is 2. The van der Waals surface area contributed by atoms with Gasteiger partial charge in [-0.15, -0.1) is 23.5 Å². The number of nitrogens with zero attached hydrogens (tertiary/aromatic N) is 1. The topological polar surface area (TPSA) is 67.9 Å². The van der Waals surface area contributed by atoms with Crippen LogP contribution < -0.4 is 14.4 Å². The molecule has 6 nitrogen and oxygen atoms in total. The minimum Gasteiger partial charge on any atom is -0.491 e. The Morgan fingerprint density at radius 1 is 1.15 bits per heavy atom. The molecule has 0 radical (unpaired) electrons. The van der Waals surface area contributed by atoms with Crippen LogP contribution >= 0.6 is 35.1 Å². The molecule has 260 valence electrons. The zero-order valence-electron chi connectivity index (χ0n) is 28.7. The van der Waals surface area contributed by atoms with Crippen molar-refractivity contribution in [3.8, 4) is 5.75 Å². The molecule has 0 spiro atoms. The first-order chi connectivity index (χ1) is 22.7. The SMILES string of the molecule is CCCCC(OC)(C1SCCCS1)C1CCC1CN1CC(c2ccc(Cl)cc2CCC)COc2ccc(C(=O)NS(=O)C(C)C)cc21. The van der Waals surface area contributed by atoms with Crippen LogP contribution in [0.4, 0.5) is 5.69 Å². The molecule has 5 rings (SSSR count). The molecule has 2 aliphatic heterocycles. The van der Waals surface area contributed by atoms with Crippen molar-refractivity contribution in [1.82, 2.24) is 4.72 Å². The van der Waals surface area contributed by atoms with Crippen molar-refractivity contribution in [2.45, 2.75) is 100 Å². The smallest absolute Gasteiger partial charge is 0.263 e. The van der Waals surface area contributed by atoms with Gasteiger partial charge in [0.2, 0.25) is 0 Å². The van der Waals surface area contributed by atoms with E-state index in [-0.39, 0.29) is 22.7 Å². The molecule has 2 heterocycles. The number of halogens is 1. The summed E-state index contributed by atoms with van der Waals surface area (Å²) in [5.74, 6) is 3.96. The Balaban J connectivity index is 1.49. The summed E-state index contributed by atoms with van der Waals surface area (Å²) in [7, 11) is 0.502. The molecular formula is C37H53ClN2O4S3. The van der Waals surface area contributed by atoms with E-state index in [1.165, 1.54) is 41.9 Å². The average Bonchev–Trinajstić information content (AvgIpc) is 3.24. The fraction of sp³-hybridized carbons (Fsp3) is 0.649. The van der Waals surface area contributed by atoms with Gasteiger partial charge in [0, 0.05) is 42.0 Å². The second kappa shape index (κ2) is 17.0. The molecule has 5 unspecified atom stereocenters. The van der Waals surface area contributed by atoms with Gasteiger partial charge in [-0.05, 0) is 111 Å². The summed E-state index contributed by atoms with van der Waals surface area (Å²) in [5.41, 5.74) is 3.85. The van der Waals surface area contributed by atoms with Gasteiger partial charge in [0.15, 0.2) is 0 Å². The number of carbonyl (C=O) groups excluding carboxylic acids is 1. The van der Waals surface area contributed by atoms with Gasteiger partial charge < -0.3 is 14.4 Å². The molecule has 47 heavy (non-hydrogen) atoms. The number of ether oxygens (including phenoxy) is 2. The van der Waals surface area contributed by atoms with Crippen LogP contribution in [0.3, 0.4) is 0 Å². The Morgan fingerprint density at radius 2 is 1.94 bits per heavy atom. The number of hydrogen-bond acceptors (Lipinski definition) is 7. The third kappa shape index (κ3) is 8.50. The lowest BCUT2D eigenvalue weighted by molar-refractivity contribution is -0.104. The predicted octanol–water partition coefficient (Wildman–Crippen LogP) is 8.87. The van der Waals surface area contributed by atoms with Crippen molar-refractivity contribution in [2.24, 2.45) is 11.8 Å². The van der Waals surface area contributed by atoms with Crippen molar-refractivity contribution in [3.63, 3.8) is 0 Å². The van der Waals surface area contributed by atoms with Crippen molar-refractivity contribution in [2.75, 3.05) is 43.2 Å². The van der Waals surface area contributed by atoms with Crippen LogP contribution in [-0.2, 0) is 22.1 Å². The number of anilines is 1. The van der Waals surface area contributed by atoms with Gasteiger partial charge in [0.05, 0.1) is 22.5 Å². The second-order valence-corrected chi connectivity index (χ2v) is 18.5. The van der Waals surface area contributed by atoms with Crippen LogP contribution in [0.2, 0.25) is 5.02 Å². The molecule has 0 aromatic heterocycles. The van der Waals surface area contributed by atoms with E-state index in [9.17, 15) is 9.00 Å². The number of amides is 1. The van der Waals surface area contributed by atoms with Crippen molar-refractivity contribution < 1.29 is 18.5 Å². The van der Waals surface area contributed by atoms with Crippen LogP contribution in [0.15, 0.2) is 36.4 Å². The summed E-state index contributed by atoms with van der Waals surface area (Å²) in [4.78, 5) is 15.7. The van der Waals surface area contributed by atoms with E-state index in [1.54, 1.807) is 6.07 Å². The van der Waals surface area contributed by atoms with Crippen LogP contribution in [-0.4, -0.2) is 63.9 Å². The average molecular weight is 721 g/mol. The van der Waals surface area contributed by atoms with E-state index in [0.29, 0.717) is 28.6 Å². The molecule has 10 heteroatoms. The Morgan fingerprint density at radius 3 is 2.60 bits per heavy atom. The number of methoxy groups -OCH3 is 1. The largest absolute Gasteiger partial charge is 0.491 e. The fourth-order valence-corrected chi connectivity index (χ4v) is 11.8. The number of hydrogen-bond donors (Lipinski definition) is 1. The fourth-order valence-electron chi connectivity index (χ4n) is 7.49. The number of rotatable bonds is 14. The highest BCUT2D eigenvalue weighted by Gasteiger charge is 2.53. The molecule has 1 aliphatic carbocycles. The molecule has 2 aromatic carbocycles. The summed E-state index contributed by atoms with van der Waals surface area (Å²) in [5, 5.41) is 0.599. The number of fused-ring (bicyclic) bond motifs is 1. The van der Waals surface area contributed by atoms with Gasteiger partial charge in [0.25, 0.3) is 5.91 Å². The van der Waals surface area contributed by atoms with Gasteiger partial charge in [0.1, 0.15) is 16.7 Å². The van der Waals surface area contributed by atoms with E-state index >= 15 is 0 Å². The third-order valence-electron chi connectivity index (χ3n) is 10.2. The first-order valence-corrected chi connectivity index (χ1v) is 21.2. The highest BCUT2D eigenvalue weighted by molar-refractivity contribution is 8.17. The molecule has 0 bridgehead atoms. The predicted molar refractivity (Wildman–Crippen MR) is 202 cm³/mol. The highest BCUT2D eigenvalue weighted by atomic mass is 35.5. The molecule has 2 aromatic rings. The molecule has 1 saturated carbocycles. The molecule has 1 amide bonds. The van der Waals surface area contributed by atoms with Gasteiger partial charge in [-0.25, -0.2) is 4.21 Å². The van der Waals surface area contributed by atoms with E-state index < -0.39 is 11.0 Å². The summed E-state index contributed by atoms with van der Waals surface area (Å²) in [6.07, 6.45) is 9.05.